The standard InChI is InChI=1S/C15H20F2N2O2/c16-15(17)21-12-6-3-5-11(8-12)19-14(20)13-7-2-1-4-10(13)9-18/h3,5-6,8,10,13,15H,1-2,4,7,9,18H2,(H,19,20). The van der Waals surface area contributed by atoms with Gasteiger partial charge in [-0.25, -0.2) is 0 Å². The van der Waals surface area contributed by atoms with Crippen molar-refractivity contribution in [2.45, 2.75) is 32.3 Å². The SMILES string of the molecule is NCC1CCCCC1C(=O)Nc1cccc(OC(F)F)c1. The average Bonchev–Trinajstić information content (AvgIpc) is 2.46. The van der Waals surface area contributed by atoms with Gasteiger partial charge in [-0.05, 0) is 37.4 Å². The molecule has 21 heavy (non-hydrogen) atoms. The molecule has 4 nitrogen and oxygen atoms in total. The number of amides is 1. The fourth-order valence-electron chi connectivity index (χ4n) is 2.82. The first-order valence-corrected chi connectivity index (χ1v) is 7.16. The zero-order chi connectivity index (χ0) is 15.2. The molecule has 1 aliphatic rings. The van der Waals surface area contributed by atoms with Crippen LogP contribution < -0.4 is 15.8 Å². The van der Waals surface area contributed by atoms with E-state index in [4.69, 9.17) is 5.73 Å². The summed E-state index contributed by atoms with van der Waals surface area (Å²) in [5.74, 6) is 0.0174. The van der Waals surface area contributed by atoms with Gasteiger partial charge in [0.2, 0.25) is 5.91 Å². The Labute approximate surface area is 122 Å². The zero-order valence-corrected chi connectivity index (χ0v) is 11.7. The summed E-state index contributed by atoms with van der Waals surface area (Å²) in [6.45, 7) is -2.39. The monoisotopic (exact) mass is 298 g/mol. The van der Waals surface area contributed by atoms with Crippen molar-refractivity contribution in [2.75, 3.05) is 11.9 Å². The summed E-state index contributed by atoms with van der Waals surface area (Å²) >= 11 is 0. The van der Waals surface area contributed by atoms with E-state index in [9.17, 15) is 13.6 Å². The summed E-state index contributed by atoms with van der Waals surface area (Å²) in [6.07, 6.45) is 3.90. The number of hydrogen-bond donors (Lipinski definition) is 2. The number of anilines is 1. The van der Waals surface area contributed by atoms with E-state index in [-0.39, 0.29) is 23.5 Å². The van der Waals surface area contributed by atoms with Crippen LogP contribution >= 0.6 is 0 Å². The second kappa shape index (κ2) is 7.36. The fraction of sp³-hybridized carbons (Fsp3) is 0.533. The number of nitrogens with one attached hydrogen (secondary N) is 1. The molecule has 1 saturated carbocycles. The Morgan fingerprint density at radius 3 is 2.86 bits per heavy atom. The van der Waals surface area contributed by atoms with E-state index in [0.717, 1.165) is 25.7 Å². The molecule has 6 heteroatoms. The molecule has 1 aromatic rings. The highest BCUT2D eigenvalue weighted by molar-refractivity contribution is 5.93. The van der Waals surface area contributed by atoms with Crippen LogP contribution in [0.25, 0.3) is 0 Å². The molecule has 1 amide bonds. The normalized spacial score (nSPS) is 22.1. The first kappa shape index (κ1) is 15.7. The number of halogens is 2. The van der Waals surface area contributed by atoms with Gasteiger partial charge in [0.05, 0.1) is 0 Å². The molecular formula is C15H20F2N2O2. The average molecular weight is 298 g/mol. The highest BCUT2D eigenvalue weighted by atomic mass is 19.3. The van der Waals surface area contributed by atoms with Crippen LogP contribution in [-0.2, 0) is 4.79 Å². The minimum absolute atomic E-state index is 0.0295. The molecular weight excluding hydrogens is 278 g/mol. The second-order valence-electron chi connectivity index (χ2n) is 5.28. The minimum atomic E-state index is -2.88. The molecule has 1 fully saturated rings. The number of nitrogens with two attached hydrogens (primary N) is 1. The molecule has 2 unspecified atom stereocenters. The number of carbonyl (C=O) groups is 1. The van der Waals surface area contributed by atoms with Crippen LogP contribution in [0, 0.1) is 11.8 Å². The van der Waals surface area contributed by atoms with E-state index in [0.29, 0.717) is 12.2 Å². The van der Waals surface area contributed by atoms with E-state index in [1.165, 1.54) is 12.1 Å². The van der Waals surface area contributed by atoms with Gasteiger partial charge < -0.3 is 15.8 Å². The zero-order valence-electron chi connectivity index (χ0n) is 11.7. The van der Waals surface area contributed by atoms with Gasteiger partial charge in [-0.2, -0.15) is 8.78 Å². The van der Waals surface area contributed by atoms with Crippen LogP contribution in [0.4, 0.5) is 14.5 Å². The van der Waals surface area contributed by atoms with Gasteiger partial charge in [0.1, 0.15) is 5.75 Å². The lowest BCUT2D eigenvalue weighted by Crippen LogP contribution is -2.35. The van der Waals surface area contributed by atoms with Crippen molar-refractivity contribution in [3.05, 3.63) is 24.3 Å². The van der Waals surface area contributed by atoms with Gasteiger partial charge in [0.15, 0.2) is 0 Å². The van der Waals surface area contributed by atoms with Crippen molar-refractivity contribution in [3.63, 3.8) is 0 Å². The van der Waals surface area contributed by atoms with Crippen molar-refractivity contribution in [2.24, 2.45) is 17.6 Å². The maximum atomic E-state index is 12.3. The molecule has 0 saturated heterocycles. The summed E-state index contributed by atoms with van der Waals surface area (Å²) in [5, 5.41) is 2.77. The molecule has 0 aliphatic heterocycles. The quantitative estimate of drug-likeness (QED) is 0.878. The summed E-state index contributed by atoms with van der Waals surface area (Å²) in [5.41, 5.74) is 6.18. The molecule has 0 radical (unpaired) electrons. The number of benzene rings is 1. The van der Waals surface area contributed by atoms with E-state index in [1.54, 1.807) is 12.1 Å². The van der Waals surface area contributed by atoms with Gasteiger partial charge in [-0.15, -0.1) is 0 Å². The molecule has 0 aromatic heterocycles. The number of ether oxygens (including phenoxy) is 1. The Morgan fingerprint density at radius 2 is 2.14 bits per heavy atom. The van der Waals surface area contributed by atoms with E-state index < -0.39 is 6.61 Å². The molecule has 116 valence electrons. The smallest absolute Gasteiger partial charge is 0.387 e. The maximum absolute atomic E-state index is 12.3. The van der Waals surface area contributed by atoms with Crippen molar-refractivity contribution in [3.8, 4) is 5.75 Å². The maximum Gasteiger partial charge on any atom is 0.387 e. The lowest BCUT2D eigenvalue weighted by molar-refractivity contribution is -0.122. The first-order chi connectivity index (χ1) is 10.1. The number of carbonyl (C=O) groups excluding carboxylic acids is 1. The molecule has 0 heterocycles. The Morgan fingerprint density at radius 1 is 1.38 bits per heavy atom. The molecule has 2 atom stereocenters. The van der Waals surface area contributed by atoms with Crippen molar-refractivity contribution >= 4 is 11.6 Å². The predicted octanol–water partition coefficient (Wildman–Crippen LogP) is 2.99. The molecule has 2 rings (SSSR count). The highest BCUT2D eigenvalue weighted by Gasteiger charge is 2.29. The fourth-order valence-corrected chi connectivity index (χ4v) is 2.82. The van der Waals surface area contributed by atoms with Crippen LogP contribution in [0.3, 0.4) is 0 Å². The Hall–Kier alpha value is -1.69. The first-order valence-electron chi connectivity index (χ1n) is 7.16. The van der Waals surface area contributed by atoms with Crippen LogP contribution in [0.1, 0.15) is 25.7 Å². The molecule has 0 spiro atoms. The summed E-state index contributed by atoms with van der Waals surface area (Å²) < 4.78 is 28.7. The van der Waals surface area contributed by atoms with E-state index in [1.807, 2.05) is 0 Å². The van der Waals surface area contributed by atoms with Gasteiger partial charge >= 0.3 is 6.61 Å². The van der Waals surface area contributed by atoms with E-state index >= 15 is 0 Å². The number of rotatable bonds is 5. The van der Waals surface area contributed by atoms with Crippen LogP contribution in [0.5, 0.6) is 5.75 Å². The van der Waals surface area contributed by atoms with Gasteiger partial charge in [-0.1, -0.05) is 18.9 Å². The third-order valence-electron chi connectivity index (χ3n) is 3.88. The third-order valence-corrected chi connectivity index (χ3v) is 3.88. The molecule has 1 aromatic carbocycles. The second-order valence-corrected chi connectivity index (χ2v) is 5.28. The van der Waals surface area contributed by atoms with Crippen molar-refractivity contribution < 1.29 is 18.3 Å². The van der Waals surface area contributed by atoms with Crippen LogP contribution in [-0.4, -0.2) is 19.1 Å². The van der Waals surface area contributed by atoms with Crippen molar-refractivity contribution in [1.29, 1.82) is 0 Å². The van der Waals surface area contributed by atoms with Gasteiger partial charge in [0, 0.05) is 17.7 Å². The van der Waals surface area contributed by atoms with Gasteiger partial charge in [0.25, 0.3) is 0 Å². The molecule has 0 bridgehead atoms. The van der Waals surface area contributed by atoms with Crippen molar-refractivity contribution in [1.82, 2.24) is 0 Å². The number of hydrogen-bond acceptors (Lipinski definition) is 3. The highest BCUT2D eigenvalue weighted by Crippen LogP contribution is 2.30. The van der Waals surface area contributed by atoms with E-state index in [2.05, 4.69) is 10.1 Å². The summed E-state index contributed by atoms with van der Waals surface area (Å²) in [4.78, 5) is 12.3. The number of alkyl halides is 2. The third kappa shape index (κ3) is 4.39. The van der Waals surface area contributed by atoms with Gasteiger partial charge in [-0.3, -0.25) is 4.79 Å². The Bertz CT molecular complexity index is 482. The largest absolute Gasteiger partial charge is 0.435 e. The Kier molecular flexibility index (Phi) is 5.50. The van der Waals surface area contributed by atoms with Crippen LogP contribution in [0.15, 0.2) is 24.3 Å². The summed E-state index contributed by atoms with van der Waals surface area (Å²) in [7, 11) is 0. The lowest BCUT2D eigenvalue weighted by atomic mass is 9.78. The minimum Gasteiger partial charge on any atom is -0.435 e. The molecule has 3 N–H and O–H groups in total. The summed E-state index contributed by atoms with van der Waals surface area (Å²) in [6, 6.07) is 6.03. The lowest BCUT2D eigenvalue weighted by Gasteiger charge is -2.29. The Balaban J connectivity index is 2.01. The van der Waals surface area contributed by atoms with Crippen LogP contribution in [0.2, 0.25) is 0 Å². The predicted molar refractivity (Wildman–Crippen MR) is 76.2 cm³/mol. The molecule has 1 aliphatic carbocycles. The topological polar surface area (TPSA) is 64.4 Å².